The van der Waals surface area contributed by atoms with Gasteiger partial charge < -0.3 is 10.2 Å². The summed E-state index contributed by atoms with van der Waals surface area (Å²) in [7, 11) is -1.68. The number of rotatable bonds is 4. The van der Waals surface area contributed by atoms with Crippen molar-refractivity contribution in [2.24, 2.45) is 28.9 Å². The van der Waals surface area contributed by atoms with Crippen LogP contribution in [0.2, 0.25) is 18.1 Å². The third-order valence-electron chi connectivity index (χ3n) is 7.69. The minimum atomic E-state index is -1.68. The van der Waals surface area contributed by atoms with Gasteiger partial charge in [-0.1, -0.05) is 47.5 Å². The molecular weight excluding hydrogens is 298 g/mol. The topological polar surface area (TPSA) is 35.2 Å². The Morgan fingerprint density at radius 1 is 1.17 bits per heavy atom. The fourth-order valence-electron chi connectivity index (χ4n) is 5.15. The van der Waals surface area contributed by atoms with Crippen molar-refractivity contribution in [3.63, 3.8) is 0 Å². The summed E-state index contributed by atoms with van der Waals surface area (Å²) in [6.07, 6.45) is 8.58. The Morgan fingerprint density at radius 2 is 1.83 bits per heavy atom. The van der Waals surface area contributed by atoms with Crippen molar-refractivity contribution in [2.75, 3.05) is 6.54 Å². The molecule has 0 aromatic rings. The molecule has 0 aliphatic heterocycles. The molecule has 0 aromatic carbocycles. The minimum absolute atomic E-state index is 0.305. The van der Waals surface area contributed by atoms with E-state index in [1.807, 2.05) is 0 Å². The molecule has 5 atom stereocenters. The van der Waals surface area contributed by atoms with E-state index in [1.165, 1.54) is 38.5 Å². The quantitative estimate of drug-likeness (QED) is 0.679. The van der Waals surface area contributed by atoms with Crippen molar-refractivity contribution in [1.82, 2.24) is 0 Å². The second-order valence-corrected chi connectivity index (χ2v) is 14.9. The molecule has 0 radical (unpaired) electrons. The third kappa shape index (κ3) is 3.72. The van der Waals surface area contributed by atoms with E-state index in [-0.39, 0.29) is 0 Å². The van der Waals surface area contributed by atoms with Crippen LogP contribution >= 0.6 is 0 Å². The molecule has 0 amide bonds. The summed E-state index contributed by atoms with van der Waals surface area (Å²) in [4.78, 5) is 0. The van der Waals surface area contributed by atoms with Crippen LogP contribution in [0.5, 0.6) is 0 Å². The summed E-state index contributed by atoms with van der Waals surface area (Å²) in [5.74, 6) is 2.18. The molecule has 0 saturated heterocycles. The van der Waals surface area contributed by atoms with E-state index in [4.69, 9.17) is 10.2 Å². The molecule has 2 fully saturated rings. The fraction of sp³-hybridized carbons (Fsp3) is 1.00. The van der Waals surface area contributed by atoms with Crippen LogP contribution in [-0.4, -0.2) is 21.0 Å². The van der Waals surface area contributed by atoms with Crippen LogP contribution in [0.4, 0.5) is 0 Å². The second kappa shape index (κ2) is 6.80. The van der Waals surface area contributed by atoms with Crippen molar-refractivity contribution in [3.05, 3.63) is 0 Å². The van der Waals surface area contributed by atoms with E-state index in [0.717, 1.165) is 18.4 Å². The molecule has 0 bridgehead atoms. The highest BCUT2D eigenvalue weighted by atomic mass is 28.4. The van der Waals surface area contributed by atoms with Gasteiger partial charge in [0.2, 0.25) is 0 Å². The minimum Gasteiger partial charge on any atom is -0.414 e. The zero-order valence-electron chi connectivity index (χ0n) is 16.7. The predicted molar refractivity (Wildman–Crippen MR) is 103 cm³/mol. The molecule has 0 aromatic heterocycles. The molecule has 0 spiro atoms. The number of nitrogens with two attached hydrogens (primary N) is 1. The Kier molecular flexibility index (Phi) is 5.75. The lowest BCUT2D eigenvalue weighted by molar-refractivity contribution is -0.0855. The number of fused-ring (bicyclic) bond motifs is 1. The largest absolute Gasteiger partial charge is 0.414 e. The van der Waals surface area contributed by atoms with E-state index in [0.29, 0.717) is 22.5 Å². The van der Waals surface area contributed by atoms with E-state index in [2.05, 4.69) is 47.7 Å². The predicted octanol–water partition coefficient (Wildman–Crippen LogP) is 5.58. The maximum atomic E-state index is 6.95. The maximum absolute atomic E-state index is 6.95. The highest BCUT2D eigenvalue weighted by Crippen LogP contribution is 2.57. The van der Waals surface area contributed by atoms with Crippen LogP contribution in [0, 0.1) is 23.2 Å². The first-order valence-corrected chi connectivity index (χ1v) is 12.8. The van der Waals surface area contributed by atoms with E-state index in [1.54, 1.807) is 0 Å². The van der Waals surface area contributed by atoms with E-state index >= 15 is 0 Å². The van der Waals surface area contributed by atoms with Gasteiger partial charge in [0.05, 0.1) is 0 Å². The summed E-state index contributed by atoms with van der Waals surface area (Å²) < 4.78 is 6.95. The Morgan fingerprint density at radius 3 is 2.39 bits per heavy atom. The van der Waals surface area contributed by atoms with Crippen molar-refractivity contribution in [1.29, 1.82) is 0 Å². The van der Waals surface area contributed by atoms with Gasteiger partial charge in [-0.25, -0.2) is 0 Å². The van der Waals surface area contributed by atoms with Gasteiger partial charge >= 0.3 is 0 Å². The van der Waals surface area contributed by atoms with E-state index < -0.39 is 8.32 Å². The summed E-state index contributed by atoms with van der Waals surface area (Å²) in [5, 5.41) is 0.305. The molecule has 2 N–H and O–H groups in total. The molecule has 0 heterocycles. The smallest absolute Gasteiger partial charge is 0.192 e. The molecule has 5 unspecified atom stereocenters. The second-order valence-electron chi connectivity index (χ2n) is 10.2. The van der Waals surface area contributed by atoms with Crippen molar-refractivity contribution < 1.29 is 4.43 Å². The average molecular weight is 340 g/mol. The molecular formula is C20H41NOSi. The normalized spacial score (nSPS) is 37.3. The van der Waals surface area contributed by atoms with Gasteiger partial charge in [-0.05, 0) is 73.5 Å². The highest BCUT2D eigenvalue weighted by Gasteiger charge is 2.52. The van der Waals surface area contributed by atoms with Gasteiger partial charge in [0, 0.05) is 6.10 Å². The standard InChI is InChI=1S/C20H41NOSi/c1-15(14-21)16-10-8-11-17-18(12-9-13-20(16,17)5)22-23(6,7)19(2,3)4/h15-18H,8-14,21H2,1-7H3. The summed E-state index contributed by atoms with van der Waals surface area (Å²) in [6, 6.07) is 0. The van der Waals surface area contributed by atoms with Gasteiger partial charge in [-0.15, -0.1) is 0 Å². The van der Waals surface area contributed by atoms with E-state index in [9.17, 15) is 0 Å². The Balaban J connectivity index is 2.21. The lowest BCUT2D eigenvalue weighted by Gasteiger charge is -2.56. The number of hydrogen-bond donors (Lipinski definition) is 1. The molecule has 23 heavy (non-hydrogen) atoms. The zero-order chi connectivity index (χ0) is 17.5. The lowest BCUT2D eigenvalue weighted by atomic mass is 9.52. The Bertz CT molecular complexity index is 403. The summed E-state index contributed by atoms with van der Waals surface area (Å²) in [6.45, 7) is 17.7. The summed E-state index contributed by atoms with van der Waals surface area (Å²) >= 11 is 0. The van der Waals surface area contributed by atoms with Gasteiger partial charge in [0.15, 0.2) is 8.32 Å². The van der Waals surface area contributed by atoms with Gasteiger partial charge in [-0.3, -0.25) is 0 Å². The first-order valence-electron chi connectivity index (χ1n) is 9.91. The van der Waals surface area contributed by atoms with Crippen LogP contribution in [0.1, 0.15) is 73.1 Å². The lowest BCUT2D eigenvalue weighted by Crippen LogP contribution is -2.54. The zero-order valence-corrected chi connectivity index (χ0v) is 17.7. The average Bonchev–Trinajstić information content (AvgIpc) is 2.44. The first kappa shape index (κ1) is 19.5. The molecule has 3 heteroatoms. The van der Waals surface area contributed by atoms with Crippen molar-refractivity contribution in [3.8, 4) is 0 Å². The Hall–Kier alpha value is 0.137. The monoisotopic (exact) mass is 339 g/mol. The first-order chi connectivity index (χ1) is 10.5. The highest BCUT2D eigenvalue weighted by molar-refractivity contribution is 6.74. The van der Waals surface area contributed by atoms with Crippen LogP contribution < -0.4 is 5.73 Å². The maximum Gasteiger partial charge on any atom is 0.192 e. The number of hydrogen-bond acceptors (Lipinski definition) is 2. The molecule has 2 nitrogen and oxygen atoms in total. The molecule has 2 saturated carbocycles. The van der Waals surface area contributed by atoms with Crippen molar-refractivity contribution in [2.45, 2.75) is 97.4 Å². The molecule has 2 aliphatic rings. The summed E-state index contributed by atoms with van der Waals surface area (Å²) in [5.41, 5.74) is 6.50. The molecule has 2 aliphatic carbocycles. The molecule has 136 valence electrons. The molecule has 2 rings (SSSR count). The van der Waals surface area contributed by atoms with Crippen LogP contribution in [0.15, 0.2) is 0 Å². The third-order valence-corrected chi connectivity index (χ3v) is 12.2. The van der Waals surface area contributed by atoms with Gasteiger partial charge in [-0.2, -0.15) is 0 Å². The van der Waals surface area contributed by atoms with Gasteiger partial charge in [0.1, 0.15) is 0 Å². The fourth-order valence-corrected chi connectivity index (χ4v) is 6.55. The SMILES string of the molecule is CC(CN)C1CCCC2C(O[Si](C)(C)C(C)(C)C)CCCC12C. The Labute approximate surface area is 146 Å². The van der Waals surface area contributed by atoms with Crippen LogP contribution in [0.3, 0.4) is 0 Å². The van der Waals surface area contributed by atoms with Crippen LogP contribution in [0.25, 0.3) is 0 Å². The van der Waals surface area contributed by atoms with Gasteiger partial charge in [0.25, 0.3) is 0 Å². The van der Waals surface area contributed by atoms with Crippen LogP contribution in [-0.2, 0) is 4.43 Å². The van der Waals surface area contributed by atoms with Crippen molar-refractivity contribution >= 4 is 8.32 Å².